The van der Waals surface area contributed by atoms with Crippen molar-refractivity contribution >= 4 is 28.8 Å². The number of carbonyl (C=O) groups is 1. The molecule has 1 amide bonds. The van der Waals surface area contributed by atoms with E-state index in [9.17, 15) is 9.90 Å². The molecule has 2 rings (SSSR count). The minimum absolute atomic E-state index is 0.167. The zero-order valence-electron chi connectivity index (χ0n) is 9.47. The van der Waals surface area contributed by atoms with E-state index in [4.69, 9.17) is 11.6 Å². The van der Waals surface area contributed by atoms with Crippen LogP contribution >= 0.6 is 22.9 Å². The molecule has 0 saturated carbocycles. The van der Waals surface area contributed by atoms with Gasteiger partial charge in [0.2, 0.25) is 0 Å². The zero-order chi connectivity index (χ0) is 13.0. The molecule has 3 nitrogen and oxygen atoms in total. The number of hydrogen-bond acceptors (Lipinski definition) is 3. The Morgan fingerprint density at radius 2 is 2.17 bits per heavy atom. The first kappa shape index (κ1) is 13.1. The molecule has 1 atom stereocenters. The number of halogens is 1. The van der Waals surface area contributed by atoms with Crippen molar-refractivity contribution in [3.63, 3.8) is 0 Å². The predicted octanol–water partition coefficient (Wildman–Crippen LogP) is 2.86. The first-order chi connectivity index (χ1) is 8.68. The van der Waals surface area contributed by atoms with Crippen molar-refractivity contribution in [3.8, 4) is 0 Å². The molecule has 1 aromatic carbocycles. The van der Waals surface area contributed by atoms with Crippen LogP contribution in [0, 0.1) is 0 Å². The average Bonchev–Trinajstić information content (AvgIpc) is 2.90. The predicted molar refractivity (Wildman–Crippen MR) is 73.1 cm³/mol. The minimum Gasteiger partial charge on any atom is -0.387 e. The lowest BCUT2D eigenvalue weighted by atomic mass is 10.2. The summed E-state index contributed by atoms with van der Waals surface area (Å²) in [5.41, 5.74) is 1.22. The van der Waals surface area contributed by atoms with Crippen LogP contribution in [0.4, 0.5) is 0 Å². The maximum atomic E-state index is 11.8. The van der Waals surface area contributed by atoms with E-state index in [2.05, 4.69) is 5.32 Å². The van der Waals surface area contributed by atoms with Crippen LogP contribution in [0.1, 0.15) is 22.0 Å². The summed E-state index contributed by atoms with van der Waals surface area (Å²) in [7, 11) is 0. The Kier molecular flexibility index (Phi) is 4.36. The van der Waals surface area contributed by atoms with Crippen LogP contribution in [0.15, 0.2) is 41.1 Å². The second kappa shape index (κ2) is 6.00. The van der Waals surface area contributed by atoms with E-state index in [0.717, 1.165) is 5.56 Å². The van der Waals surface area contributed by atoms with Crippen molar-refractivity contribution in [1.29, 1.82) is 0 Å². The molecule has 1 aromatic heterocycles. The van der Waals surface area contributed by atoms with Gasteiger partial charge in [0.05, 0.1) is 16.7 Å². The Labute approximate surface area is 114 Å². The molecule has 0 unspecified atom stereocenters. The van der Waals surface area contributed by atoms with Gasteiger partial charge in [-0.05, 0) is 34.5 Å². The first-order valence-corrected chi connectivity index (χ1v) is 6.73. The Bertz CT molecular complexity index is 528. The number of rotatable bonds is 4. The molecule has 0 radical (unpaired) electrons. The topological polar surface area (TPSA) is 49.3 Å². The lowest BCUT2D eigenvalue weighted by molar-refractivity contribution is 0.0916. The van der Waals surface area contributed by atoms with Crippen molar-refractivity contribution in [1.82, 2.24) is 5.32 Å². The third kappa shape index (κ3) is 3.10. The third-order valence-corrected chi connectivity index (χ3v) is 3.53. The Balaban J connectivity index is 1.95. The Hall–Kier alpha value is -1.36. The second-order valence-corrected chi connectivity index (χ2v) is 4.95. The molecular weight excluding hydrogens is 270 g/mol. The summed E-state index contributed by atoms with van der Waals surface area (Å²) in [6, 6.07) is 8.65. The van der Waals surface area contributed by atoms with Gasteiger partial charge in [-0.25, -0.2) is 0 Å². The quantitative estimate of drug-likeness (QED) is 0.905. The third-order valence-electron chi connectivity index (χ3n) is 2.50. The highest BCUT2D eigenvalue weighted by molar-refractivity contribution is 7.07. The summed E-state index contributed by atoms with van der Waals surface area (Å²) in [4.78, 5) is 11.8. The highest BCUT2D eigenvalue weighted by Gasteiger charge is 2.12. The maximum Gasteiger partial charge on any atom is 0.252 e. The molecule has 0 bridgehead atoms. The number of thiophene rings is 1. The fourth-order valence-electron chi connectivity index (χ4n) is 1.51. The number of hydrogen-bond donors (Lipinski definition) is 2. The minimum atomic E-state index is -0.692. The van der Waals surface area contributed by atoms with E-state index < -0.39 is 6.10 Å². The van der Waals surface area contributed by atoms with Crippen LogP contribution < -0.4 is 5.32 Å². The van der Waals surface area contributed by atoms with Crippen LogP contribution in [-0.2, 0) is 0 Å². The number of nitrogens with one attached hydrogen (secondary N) is 1. The van der Waals surface area contributed by atoms with E-state index in [1.165, 1.54) is 11.3 Å². The van der Waals surface area contributed by atoms with E-state index >= 15 is 0 Å². The Morgan fingerprint density at radius 3 is 2.83 bits per heavy atom. The number of aliphatic hydroxyl groups excluding tert-OH is 1. The van der Waals surface area contributed by atoms with Gasteiger partial charge in [-0.3, -0.25) is 4.79 Å². The Morgan fingerprint density at radius 1 is 1.39 bits per heavy atom. The SMILES string of the molecule is O=C(NC[C@@H](O)c1ccsc1)c1ccccc1Cl. The standard InChI is InChI=1S/C13H12ClNO2S/c14-11-4-2-1-3-10(11)13(17)15-7-12(16)9-5-6-18-8-9/h1-6,8,12,16H,7H2,(H,15,17)/t12-/m1/s1. The summed E-state index contributed by atoms with van der Waals surface area (Å²) >= 11 is 7.42. The number of carbonyl (C=O) groups excluding carboxylic acids is 1. The van der Waals surface area contributed by atoms with Crippen LogP contribution in [0.2, 0.25) is 5.02 Å². The molecule has 0 saturated heterocycles. The van der Waals surface area contributed by atoms with Gasteiger partial charge in [0.25, 0.3) is 5.91 Å². The molecule has 0 aliphatic heterocycles. The van der Waals surface area contributed by atoms with Gasteiger partial charge >= 0.3 is 0 Å². The van der Waals surface area contributed by atoms with Gasteiger partial charge in [0, 0.05) is 6.54 Å². The first-order valence-electron chi connectivity index (χ1n) is 5.41. The largest absolute Gasteiger partial charge is 0.387 e. The van der Waals surface area contributed by atoms with Gasteiger partial charge in [-0.2, -0.15) is 11.3 Å². The van der Waals surface area contributed by atoms with Gasteiger partial charge in [0.1, 0.15) is 0 Å². The summed E-state index contributed by atoms with van der Waals surface area (Å²) in [6.45, 7) is 0.167. The van der Waals surface area contributed by atoms with Gasteiger partial charge in [-0.15, -0.1) is 0 Å². The van der Waals surface area contributed by atoms with E-state index in [1.807, 2.05) is 16.8 Å². The molecule has 0 spiro atoms. The van der Waals surface area contributed by atoms with Crippen LogP contribution in [0.25, 0.3) is 0 Å². The molecule has 2 aromatic rings. The molecule has 2 N–H and O–H groups in total. The van der Waals surface area contributed by atoms with Gasteiger partial charge in [-0.1, -0.05) is 23.7 Å². The van der Waals surface area contributed by atoms with Crippen molar-refractivity contribution in [2.24, 2.45) is 0 Å². The molecule has 94 valence electrons. The molecule has 0 fully saturated rings. The summed E-state index contributed by atoms with van der Waals surface area (Å²) in [5, 5.41) is 16.6. The van der Waals surface area contributed by atoms with Crippen molar-refractivity contribution < 1.29 is 9.90 Å². The lowest BCUT2D eigenvalue weighted by Crippen LogP contribution is -2.28. The normalized spacial score (nSPS) is 12.1. The number of amides is 1. The number of aliphatic hydroxyl groups is 1. The monoisotopic (exact) mass is 281 g/mol. The molecule has 5 heteroatoms. The summed E-state index contributed by atoms with van der Waals surface area (Å²) < 4.78 is 0. The molecule has 18 heavy (non-hydrogen) atoms. The van der Waals surface area contributed by atoms with E-state index in [0.29, 0.717) is 10.6 Å². The van der Waals surface area contributed by atoms with E-state index in [1.54, 1.807) is 24.3 Å². The summed E-state index contributed by atoms with van der Waals surface area (Å²) in [5.74, 6) is -0.283. The highest BCUT2D eigenvalue weighted by Crippen LogP contribution is 2.17. The maximum absolute atomic E-state index is 11.8. The van der Waals surface area contributed by atoms with Crippen molar-refractivity contribution in [2.75, 3.05) is 6.54 Å². The smallest absolute Gasteiger partial charge is 0.252 e. The summed E-state index contributed by atoms with van der Waals surface area (Å²) in [6.07, 6.45) is -0.692. The molecule has 0 aliphatic carbocycles. The number of benzene rings is 1. The van der Waals surface area contributed by atoms with Gasteiger partial charge < -0.3 is 10.4 Å². The van der Waals surface area contributed by atoms with Crippen LogP contribution in [0.3, 0.4) is 0 Å². The molecular formula is C13H12ClNO2S. The fraction of sp³-hybridized carbons (Fsp3) is 0.154. The van der Waals surface area contributed by atoms with Crippen molar-refractivity contribution in [2.45, 2.75) is 6.10 Å². The molecule has 0 aliphatic rings. The van der Waals surface area contributed by atoms with Crippen LogP contribution in [0.5, 0.6) is 0 Å². The lowest BCUT2D eigenvalue weighted by Gasteiger charge is -2.11. The second-order valence-electron chi connectivity index (χ2n) is 3.76. The van der Waals surface area contributed by atoms with E-state index in [-0.39, 0.29) is 12.5 Å². The fourth-order valence-corrected chi connectivity index (χ4v) is 2.44. The molecule has 1 heterocycles. The zero-order valence-corrected chi connectivity index (χ0v) is 11.0. The van der Waals surface area contributed by atoms with Crippen LogP contribution in [-0.4, -0.2) is 17.6 Å². The van der Waals surface area contributed by atoms with Gasteiger partial charge in [0.15, 0.2) is 0 Å². The average molecular weight is 282 g/mol. The highest BCUT2D eigenvalue weighted by atomic mass is 35.5. The van der Waals surface area contributed by atoms with Crippen molar-refractivity contribution in [3.05, 3.63) is 57.2 Å².